The highest BCUT2D eigenvalue weighted by molar-refractivity contribution is 6.18. The molecule has 2 amide bonds. The molecule has 3 aliphatic heterocycles. The lowest BCUT2D eigenvalue weighted by molar-refractivity contribution is -0.137. The molecule has 2 aromatic rings. The lowest BCUT2D eigenvalue weighted by Crippen LogP contribution is -2.63. The molecule has 0 unspecified atom stereocenters. The molecule has 5 rings (SSSR count). The number of amides is 2. The number of para-hydroxylation sites is 1. The van der Waals surface area contributed by atoms with Gasteiger partial charge in [0.25, 0.3) is 5.91 Å². The number of hydrogen-bond acceptors (Lipinski definition) is 5. The molecule has 2 aromatic carbocycles. The Labute approximate surface area is 165 Å². The second-order valence-corrected chi connectivity index (χ2v) is 7.59. The van der Waals surface area contributed by atoms with Gasteiger partial charge in [-0.05, 0) is 36.9 Å². The smallest absolute Gasteiger partial charge is 0.251 e. The lowest BCUT2D eigenvalue weighted by Gasteiger charge is -2.43. The zero-order valence-electron chi connectivity index (χ0n) is 15.3. The molecule has 0 bridgehead atoms. The molecule has 1 fully saturated rings. The molecule has 29 heavy (non-hydrogen) atoms. The maximum absolute atomic E-state index is 14.3. The Morgan fingerprint density at radius 2 is 1.66 bits per heavy atom. The molecule has 0 aromatic heterocycles. The van der Waals surface area contributed by atoms with E-state index < -0.39 is 34.0 Å². The van der Waals surface area contributed by atoms with Crippen molar-refractivity contribution in [2.75, 3.05) is 24.2 Å². The average molecular weight is 387 g/mol. The number of carbonyl (C=O) groups excluding carboxylic acids is 2. The van der Waals surface area contributed by atoms with Gasteiger partial charge in [0.1, 0.15) is 16.8 Å². The molecule has 8 heteroatoms. The third-order valence-electron chi connectivity index (χ3n) is 6.48. The van der Waals surface area contributed by atoms with Crippen LogP contribution in [0.15, 0.2) is 42.5 Å². The summed E-state index contributed by atoms with van der Waals surface area (Å²) >= 11 is 0. The van der Waals surface area contributed by atoms with E-state index in [4.69, 9.17) is 0 Å². The van der Waals surface area contributed by atoms with Gasteiger partial charge in [0, 0.05) is 23.5 Å². The Morgan fingerprint density at radius 3 is 2.38 bits per heavy atom. The van der Waals surface area contributed by atoms with Gasteiger partial charge in [-0.1, -0.05) is 18.2 Å². The van der Waals surface area contributed by atoms with Crippen LogP contribution in [0, 0.1) is 33.9 Å². The predicted molar refractivity (Wildman–Crippen MR) is 99.7 cm³/mol. The summed E-state index contributed by atoms with van der Waals surface area (Å²) < 4.78 is 14.3. The number of likely N-dealkylation sites (N-methyl/N-ethyl adjacent to an activating group) is 1. The van der Waals surface area contributed by atoms with Crippen molar-refractivity contribution >= 4 is 23.2 Å². The van der Waals surface area contributed by atoms with Crippen LogP contribution in [0.25, 0.3) is 0 Å². The minimum atomic E-state index is -1.88. The quantitative estimate of drug-likeness (QED) is 0.717. The highest BCUT2D eigenvalue weighted by Crippen LogP contribution is 2.67. The zero-order valence-corrected chi connectivity index (χ0v) is 15.3. The third kappa shape index (κ3) is 1.58. The zero-order chi connectivity index (χ0) is 20.6. The van der Waals surface area contributed by atoms with Crippen molar-refractivity contribution in [1.82, 2.24) is 4.90 Å². The van der Waals surface area contributed by atoms with Crippen LogP contribution in [0.4, 0.5) is 15.8 Å². The van der Waals surface area contributed by atoms with Crippen molar-refractivity contribution < 1.29 is 14.0 Å². The van der Waals surface area contributed by atoms with Gasteiger partial charge in [-0.25, -0.2) is 4.39 Å². The summed E-state index contributed by atoms with van der Waals surface area (Å²) in [7, 11) is 1.58. The molecule has 1 saturated heterocycles. The summed E-state index contributed by atoms with van der Waals surface area (Å²) in [5.41, 5.74) is -4.10. The minimum absolute atomic E-state index is 0.162. The Hall–Kier alpha value is -3.75. The lowest BCUT2D eigenvalue weighted by atomic mass is 9.54. The second-order valence-electron chi connectivity index (χ2n) is 7.59. The molecule has 142 valence electrons. The van der Waals surface area contributed by atoms with Gasteiger partial charge < -0.3 is 10.6 Å². The van der Waals surface area contributed by atoms with E-state index in [1.807, 2.05) is 12.1 Å². The Balaban J connectivity index is 2.00. The monoisotopic (exact) mass is 387 g/mol. The molecular weight excluding hydrogens is 373 g/mol. The first-order chi connectivity index (χ1) is 13.9. The molecule has 2 spiro atoms. The number of nitriles is 2. The average Bonchev–Trinajstić information content (AvgIpc) is 3.26. The number of likely N-dealkylation sites (tertiary alicyclic amines) is 1. The maximum Gasteiger partial charge on any atom is 0.251 e. The summed E-state index contributed by atoms with van der Waals surface area (Å²) in [5, 5.41) is 25.8. The molecule has 7 nitrogen and oxygen atoms in total. The normalized spacial score (nSPS) is 28.6. The molecule has 3 aliphatic rings. The van der Waals surface area contributed by atoms with Gasteiger partial charge in [-0.15, -0.1) is 0 Å². The van der Waals surface area contributed by atoms with E-state index in [2.05, 4.69) is 10.6 Å². The fraction of sp³-hybridized carbons (Fsp3) is 0.238. The summed E-state index contributed by atoms with van der Waals surface area (Å²) in [6.07, 6.45) is 0. The van der Waals surface area contributed by atoms with Gasteiger partial charge in [0.15, 0.2) is 5.41 Å². The first-order valence-electron chi connectivity index (χ1n) is 8.95. The highest BCUT2D eigenvalue weighted by Gasteiger charge is 2.82. The molecule has 0 radical (unpaired) electrons. The number of hydrogen-bond donors (Lipinski definition) is 2. The van der Waals surface area contributed by atoms with Gasteiger partial charge in [0.05, 0.1) is 12.1 Å². The van der Waals surface area contributed by atoms with Crippen LogP contribution in [0.5, 0.6) is 0 Å². The summed E-state index contributed by atoms with van der Waals surface area (Å²) in [4.78, 5) is 28.7. The van der Waals surface area contributed by atoms with Crippen LogP contribution in [-0.4, -0.2) is 30.3 Å². The van der Waals surface area contributed by atoms with Crippen molar-refractivity contribution in [2.24, 2.45) is 5.41 Å². The molecule has 0 aliphatic carbocycles. The Bertz CT molecular complexity index is 1200. The van der Waals surface area contributed by atoms with Crippen LogP contribution < -0.4 is 10.6 Å². The van der Waals surface area contributed by atoms with Crippen molar-refractivity contribution in [1.29, 1.82) is 10.5 Å². The van der Waals surface area contributed by atoms with Gasteiger partial charge in [-0.2, -0.15) is 10.5 Å². The number of nitrogens with one attached hydrogen (secondary N) is 2. The fourth-order valence-corrected chi connectivity index (χ4v) is 5.50. The molecular formula is C21H14FN5O2. The van der Waals surface area contributed by atoms with E-state index in [9.17, 15) is 24.5 Å². The van der Waals surface area contributed by atoms with Gasteiger partial charge in [0.2, 0.25) is 5.91 Å². The predicted octanol–water partition coefficient (Wildman–Crippen LogP) is 1.84. The van der Waals surface area contributed by atoms with E-state index in [0.29, 0.717) is 16.9 Å². The van der Waals surface area contributed by atoms with E-state index >= 15 is 0 Å². The number of rotatable bonds is 0. The van der Waals surface area contributed by atoms with E-state index in [1.165, 1.54) is 23.1 Å². The van der Waals surface area contributed by atoms with E-state index in [0.717, 1.165) is 0 Å². The third-order valence-corrected chi connectivity index (χ3v) is 6.48. The minimum Gasteiger partial charge on any atom is -0.325 e. The van der Waals surface area contributed by atoms with Gasteiger partial charge >= 0.3 is 0 Å². The Morgan fingerprint density at radius 1 is 1.00 bits per heavy atom. The van der Waals surface area contributed by atoms with Crippen LogP contribution in [0.3, 0.4) is 0 Å². The van der Waals surface area contributed by atoms with Crippen molar-refractivity contribution in [2.45, 2.75) is 11.0 Å². The fourth-order valence-electron chi connectivity index (χ4n) is 5.50. The van der Waals surface area contributed by atoms with Crippen LogP contribution >= 0.6 is 0 Å². The van der Waals surface area contributed by atoms with Crippen LogP contribution in [0.1, 0.15) is 11.1 Å². The number of anilines is 2. The van der Waals surface area contributed by atoms with Crippen molar-refractivity contribution in [3.05, 3.63) is 59.4 Å². The summed E-state index contributed by atoms with van der Waals surface area (Å²) in [6.45, 7) is -0.162. The standard InChI is InChI=1S/C21H14FN5O2/c1-27-11-19(9-23,10-24)20(13-4-2-3-5-15(13)25-17(20)28)21(27)14-8-12(22)6-7-16(14)26-18(21)29/h2-8H,11H2,1H3,(H,25,28)(H,26,29)/t20-,21+/m1/s1. The Kier molecular flexibility index (Phi) is 3.11. The number of nitrogens with zero attached hydrogens (tertiary/aromatic N) is 3. The SMILES string of the molecule is CN1CC(C#N)(C#N)[C@@]2(C(=O)Nc3ccccc32)[C@]12C(=O)Nc1ccc(F)cc12. The number of halogens is 1. The first kappa shape index (κ1) is 17.4. The highest BCUT2D eigenvalue weighted by atomic mass is 19.1. The second kappa shape index (κ2) is 5.19. The van der Waals surface area contributed by atoms with Crippen LogP contribution in [0.2, 0.25) is 0 Å². The number of benzene rings is 2. The van der Waals surface area contributed by atoms with Crippen molar-refractivity contribution in [3.8, 4) is 12.1 Å². The summed E-state index contributed by atoms with van der Waals surface area (Å²) in [6, 6.07) is 14.6. The van der Waals surface area contributed by atoms with Gasteiger partial charge in [-0.3, -0.25) is 14.5 Å². The summed E-state index contributed by atoms with van der Waals surface area (Å²) in [5.74, 6) is -1.78. The number of carbonyl (C=O) groups is 2. The molecule has 2 N–H and O–H groups in total. The molecule has 0 saturated carbocycles. The van der Waals surface area contributed by atoms with E-state index in [-0.39, 0.29) is 12.1 Å². The maximum atomic E-state index is 14.3. The number of fused-ring (bicyclic) bond motifs is 5. The molecule has 2 atom stereocenters. The first-order valence-corrected chi connectivity index (χ1v) is 8.95. The topological polar surface area (TPSA) is 109 Å². The largest absolute Gasteiger partial charge is 0.325 e. The van der Waals surface area contributed by atoms with Crippen molar-refractivity contribution in [3.63, 3.8) is 0 Å². The van der Waals surface area contributed by atoms with Crippen LogP contribution in [-0.2, 0) is 20.5 Å². The molecule has 3 heterocycles. The van der Waals surface area contributed by atoms with E-state index in [1.54, 1.807) is 31.3 Å².